The first-order chi connectivity index (χ1) is 10.4. The second kappa shape index (κ2) is 6.77. The van der Waals surface area contributed by atoms with E-state index in [-0.39, 0.29) is 0 Å². The van der Waals surface area contributed by atoms with Crippen LogP contribution >= 0.6 is 0 Å². The molecule has 1 N–H and O–H groups in total. The lowest BCUT2D eigenvalue weighted by molar-refractivity contribution is 0.289. The minimum atomic E-state index is 0.836. The Kier molecular flexibility index (Phi) is 4.56. The molecule has 21 heavy (non-hydrogen) atoms. The number of benzene rings is 2. The lowest BCUT2D eigenvalue weighted by Gasteiger charge is -2.20. The van der Waals surface area contributed by atoms with E-state index in [1.54, 1.807) is 0 Å². The molecule has 0 fully saturated rings. The van der Waals surface area contributed by atoms with Crippen LogP contribution < -0.4 is 10.1 Å². The van der Waals surface area contributed by atoms with Gasteiger partial charge in [0.05, 0.1) is 6.61 Å². The van der Waals surface area contributed by atoms with Crippen LogP contribution in [0.25, 0.3) is 11.1 Å². The molecule has 0 radical (unpaired) electrons. The number of ether oxygens (including phenoxy) is 1. The molecule has 1 aliphatic rings. The summed E-state index contributed by atoms with van der Waals surface area (Å²) in [7, 11) is 0. The van der Waals surface area contributed by atoms with Gasteiger partial charge in [-0.2, -0.15) is 0 Å². The predicted octanol–water partition coefficient (Wildman–Crippen LogP) is 4.18. The molecule has 110 valence electrons. The maximum Gasteiger partial charge on any atom is 0.130 e. The molecule has 3 rings (SSSR count). The average Bonchev–Trinajstić information content (AvgIpc) is 2.55. The second-order valence-corrected chi connectivity index (χ2v) is 5.62. The van der Waals surface area contributed by atoms with Crippen molar-refractivity contribution >= 4 is 0 Å². The van der Waals surface area contributed by atoms with Crippen molar-refractivity contribution in [3.05, 3.63) is 53.6 Å². The van der Waals surface area contributed by atoms with Crippen molar-refractivity contribution in [3.63, 3.8) is 0 Å². The third-order valence-corrected chi connectivity index (χ3v) is 3.95. The summed E-state index contributed by atoms with van der Waals surface area (Å²) >= 11 is 0. The Morgan fingerprint density at radius 1 is 1.10 bits per heavy atom. The molecule has 0 saturated heterocycles. The predicted molar refractivity (Wildman–Crippen MR) is 87.7 cm³/mol. The number of nitrogens with one attached hydrogen (secondary N) is 1. The second-order valence-electron chi connectivity index (χ2n) is 5.62. The van der Waals surface area contributed by atoms with Gasteiger partial charge in [0.25, 0.3) is 0 Å². The molecule has 2 aromatic carbocycles. The normalized spacial score (nSPS) is 13.6. The third-order valence-electron chi connectivity index (χ3n) is 3.95. The van der Waals surface area contributed by atoms with Crippen molar-refractivity contribution < 1.29 is 4.74 Å². The average molecular weight is 281 g/mol. The van der Waals surface area contributed by atoms with Crippen LogP contribution in [0.3, 0.4) is 0 Å². The number of aryl methyl sites for hydroxylation is 1. The van der Waals surface area contributed by atoms with Crippen molar-refractivity contribution in [1.29, 1.82) is 0 Å². The monoisotopic (exact) mass is 281 g/mol. The molecular formula is C19H23NO. The first-order valence-corrected chi connectivity index (χ1v) is 7.93. The van der Waals surface area contributed by atoms with Crippen molar-refractivity contribution in [2.24, 2.45) is 0 Å². The van der Waals surface area contributed by atoms with Crippen LogP contribution in [0.2, 0.25) is 0 Å². The van der Waals surface area contributed by atoms with Crippen LogP contribution in [-0.4, -0.2) is 13.2 Å². The Labute approximate surface area is 127 Å². The van der Waals surface area contributed by atoms with Gasteiger partial charge in [-0.3, -0.25) is 0 Å². The van der Waals surface area contributed by atoms with E-state index in [0.717, 1.165) is 38.3 Å². The molecular weight excluding hydrogens is 258 g/mol. The minimum absolute atomic E-state index is 0.836. The largest absolute Gasteiger partial charge is 0.493 e. The van der Waals surface area contributed by atoms with Gasteiger partial charge in [0.1, 0.15) is 5.75 Å². The Balaban J connectivity index is 1.81. The smallest absolute Gasteiger partial charge is 0.130 e. The van der Waals surface area contributed by atoms with E-state index in [2.05, 4.69) is 54.7 Å². The number of hydrogen-bond donors (Lipinski definition) is 1. The highest BCUT2D eigenvalue weighted by Gasteiger charge is 2.15. The Morgan fingerprint density at radius 2 is 1.95 bits per heavy atom. The summed E-state index contributed by atoms with van der Waals surface area (Å²) in [6, 6.07) is 15.3. The zero-order chi connectivity index (χ0) is 14.5. The molecule has 0 bridgehead atoms. The first kappa shape index (κ1) is 14.2. The molecule has 1 heterocycles. The quantitative estimate of drug-likeness (QED) is 0.830. The van der Waals surface area contributed by atoms with Gasteiger partial charge < -0.3 is 10.1 Å². The van der Waals surface area contributed by atoms with Crippen LogP contribution in [0.5, 0.6) is 5.75 Å². The summed E-state index contributed by atoms with van der Waals surface area (Å²) in [4.78, 5) is 0. The van der Waals surface area contributed by atoms with Gasteiger partial charge in [-0.25, -0.2) is 0 Å². The van der Waals surface area contributed by atoms with Crippen molar-refractivity contribution in [1.82, 2.24) is 5.32 Å². The van der Waals surface area contributed by atoms with E-state index < -0.39 is 0 Å². The fourth-order valence-corrected chi connectivity index (χ4v) is 2.83. The van der Waals surface area contributed by atoms with E-state index in [1.807, 2.05) is 0 Å². The van der Waals surface area contributed by atoms with Gasteiger partial charge >= 0.3 is 0 Å². The fraction of sp³-hybridized carbons (Fsp3) is 0.368. The van der Waals surface area contributed by atoms with Gasteiger partial charge in [0, 0.05) is 12.1 Å². The SMILES string of the molecule is CCCNCc1ccc(-c2cccc3c2OCCC3)cc1. The molecule has 2 nitrogen and oxygen atoms in total. The van der Waals surface area contributed by atoms with Gasteiger partial charge in [-0.05, 0) is 42.5 Å². The molecule has 0 aliphatic carbocycles. The van der Waals surface area contributed by atoms with Gasteiger partial charge in [0.2, 0.25) is 0 Å². The number of hydrogen-bond acceptors (Lipinski definition) is 2. The zero-order valence-electron chi connectivity index (χ0n) is 12.7. The zero-order valence-corrected chi connectivity index (χ0v) is 12.7. The van der Waals surface area contributed by atoms with Gasteiger partial charge in [-0.15, -0.1) is 0 Å². The van der Waals surface area contributed by atoms with Crippen molar-refractivity contribution in [2.75, 3.05) is 13.2 Å². The highest BCUT2D eigenvalue weighted by molar-refractivity contribution is 5.72. The van der Waals surface area contributed by atoms with Crippen molar-refractivity contribution in [3.8, 4) is 16.9 Å². The van der Waals surface area contributed by atoms with Gasteiger partial charge in [0.15, 0.2) is 0 Å². The topological polar surface area (TPSA) is 21.3 Å². The molecule has 2 heteroatoms. The summed E-state index contributed by atoms with van der Waals surface area (Å²) in [6.07, 6.45) is 3.42. The standard InChI is InChI=1S/C19H23NO/c1-2-12-20-14-15-8-10-16(11-9-15)18-7-3-5-17-6-4-13-21-19(17)18/h3,5,7-11,20H,2,4,6,12-14H2,1H3. The van der Waals surface area contributed by atoms with Crippen LogP contribution in [0.1, 0.15) is 30.9 Å². The molecule has 1 aliphatic heterocycles. The Morgan fingerprint density at radius 3 is 2.76 bits per heavy atom. The number of para-hydroxylation sites is 1. The molecule has 0 aromatic heterocycles. The lowest BCUT2D eigenvalue weighted by atomic mass is 9.97. The maximum absolute atomic E-state index is 5.91. The Hall–Kier alpha value is -1.80. The van der Waals surface area contributed by atoms with E-state index >= 15 is 0 Å². The highest BCUT2D eigenvalue weighted by Crippen LogP contribution is 2.36. The number of rotatable bonds is 5. The van der Waals surface area contributed by atoms with Crippen molar-refractivity contribution in [2.45, 2.75) is 32.7 Å². The van der Waals surface area contributed by atoms with Crippen LogP contribution in [0, 0.1) is 0 Å². The summed E-state index contributed by atoms with van der Waals surface area (Å²) < 4.78 is 5.91. The van der Waals surface area contributed by atoms with E-state index in [0.29, 0.717) is 0 Å². The highest BCUT2D eigenvalue weighted by atomic mass is 16.5. The summed E-state index contributed by atoms with van der Waals surface area (Å²) in [5.74, 6) is 1.08. The maximum atomic E-state index is 5.91. The van der Waals surface area contributed by atoms with E-state index in [9.17, 15) is 0 Å². The fourth-order valence-electron chi connectivity index (χ4n) is 2.83. The number of fused-ring (bicyclic) bond motifs is 1. The summed E-state index contributed by atoms with van der Waals surface area (Å²) in [5, 5.41) is 3.44. The Bertz CT molecular complexity index is 589. The third kappa shape index (κ3) is 3.27. The summed E-state index contributed by atoms with van der Waals surface area (Å²) in [5.41, 5.74) is 5.14. The minimum Gasteiger partial charge on any atom is -0.493 e. The van der Waals surface area contributed by atoms with Gasteiger partial charge in [-0.1, -0.05) is 49.4 Å². The first-order valence-electron chi connectivity index (χ1n) is 7.93. The van der Waals surface area contributed by atoms with E-state index in [4.69, 9.17) is 4.74 Å². The molecule has 0 amide bonds. The van der Waals surface area contributed by atoms with E-state index in [1.165, 1.54) is 28.7 Å². The van der Waals surface area contributed by atoms with Crippen LogP contribution in [0.15, 0.2) is 42.5 Å². The molecule has 2 aromatic rings. The molecule has 0 saturated carbocycles. The van der Waals surface area contributed by atoms with Crippen LogP contribution in [-0.2, 0) is 13.0 Å². The molecule has 0 atom stereocenters. The van der Waals surface area contributed by atoms with Crippen LogP contribution in [0.4, 0.5) is 0 Å². The molecule has 0 unspecified atom stereocenters. The summed E-state index contributed by atoms with van der Waals surface area (Å²) in [6.45, 7) is 5.04. The lowest BCUT2D eigenvalue weighted by Crippen LogP contribution is -2.13. The molecule has 0 spiro atoms.